The Morgan fingerprint density at radius 3 is 2.00 bits per heavy atom. The normalized spacial score (nSPS) is 14.4. The molecule has 0 aromatic heterocycles. The highest BCUT2D eigenvalue weighted by Crippen LogP contribution is 2.19. The van der Waals surface area contributed by atoms with Crippen molar-refractivity contribution >= 4 is 32.7 Å². The molecule has 0 bridgehead atoms. The van der Waals surface area contributed by atoms with Gasteiger partial charge < -0.3 is 0 Å². The number of hydrogen-bond acceptors (Lipinski definition) is 1. The lowest BCUT2D eigenvalue weighted by Crippen LogP contribution is -2.18. The minimum atomic E-state index is -0.163. The third kappa shape index (κ3) is 2.68. The average molecular weight is 198 g/mol. The molecule has 0 fully saturated rings. The molecule has 0 atom stereocenters. The summed E-state index contributed by atoms with van der Waals surface area (Å²) >= 11 is 8.99. The van der Waals surface area contributed by atoms with Crippen LogP contribution in [0.3, 0.4) is 0 Å². The fourth-order valence-electron chi connectivity index (χ4n) is 0.266. The van der Waals surface area contributed by atoms with Gasteiger partial charge in [-0.25, -0.2) is 0 Å². The summed E-state index contributed by atoms with van der Waals surface area (Å²) in [5.41, 5.74) is 0. The van der Waals surface area contributed by atoms with Crippen molar-refractivity contribution in [2.75, 3.05) is 7.05 Å². The molecule has 3 heteroatoms. The third-order valence-electron chi connectivity index (χ3n) is 0.687. The van der Waals surface area contributed by atoms with Crippen LogP contribution in [0.4, 0.5) is 0 Å². The Morgan fingerprint density at radius 2 is 2.00 bits per heavy atom. The van der Waals surface area contributed by atoms with E-state index in [9.17, 15) is 0 Å². The number of nitrogens with zero attached hydrogens (tertiary/aromatic N) is 1. The zero-order valence-corrected chi connectivity index (χ0v) is 7.55. The summed E-state index contributed by atoms with van der Waals surface area (Å²) in [5.74, 6) is 0. The van der Waals surface area contributed by atoms with Crippen LogP contribution in [0.25, 0.3) is 0 Å². The average Bonchev–Trinajstić information content (AvgIpc) is 1.62. The molecule has 0 unspecified atom stereocenters. The molecule has 0 saturated carbocycles. The molecule has 0 aromatic carbocycles. The van der Waals surface area contributed by atoms with Crippen LogP contribution < -0.4 is 0 Å². The van der Waals surface area contributed by atoms with E-state index in [1.54, 1.807) is 7.05 Å². The molecular weight excluding hydrogens is 189 g/mol. The second-order valence-corrected chi connectivity index (χ2v) is 4.33. The zero-order chi connectivity index (χ0) is 6.78. The summed E-state index contributed by atoms with van der Waals surface area (Å²) in [5, 5.41) is 0.595. The van der Waals surface area contributed by atoms with Gasteiger partial charge in [0.05, 0.1) is 4.32 Å². The van der Waals surface area contributed by atoms with E-state index in [1.807, 2.05) is 13.8 Å². The summed E-state index contributed by atoms with van der Waals surface area (Å²) in [7, 11) is 1.67. The molecule has 0 saturated heterocycles. The first-order chi connectivity index (χ1) is 3.48. The van der Waals surface area contributed by atoms with Crippen LogP contribution in [-0.4, -0.2) is 16.5 Å². The number of hydrogen-bond donors (Lipinski definition) is 0. The highest BCUT2D eigenvalue weighted by Gasteiger charge is 2.17. The van der Waals surface area contributed by atoms with Crippen LogP contribution in [0.5, 0.6) is 0 Å². The van der Waals surface area contributed by atoms with Gasteiger partial charge in [-0.05, 0) is 13.8 Å². The molecule has 0 radical (unpaired) electrons. The van der Waals surface area contributed by atoms with Crippen molar-refractivity contribution in [3.8, 4) is 0 Å². The van der Waals surface area contributed by atoms with E-state index in [4.69, 9.17) is 11.6 Å². The van der Waals surface area contributed by atoms with E-state index in [-0.39, 0.29) is 4.32 Å². The SMILES string of the molecule is CN=C(Cl)C(C)(C)Br. The number of halogens is 2. The molecule has 0 aliphatic rings. The van der Waals surface area contributed by atoms with Gasteiger partial charge in [-0.3, -0.25) is 4.99 Å². The number of alkyl halides is 1. The summed E-state index contributed by atoms with van der Waals surface area (Å²) < 4.78 is -0.163. The Kier molecular flexibility index (Phi) is 2.99. The van der Waals surface area contributed by atoms with Crippen molar-refractivity contribution in [3.05, 3.63) is 0 Å². The lowest BCUT2D eigenvalue weighted by atomic mass is 10.2. The monoisotopic (exact) mass is 197 g/mol. The van der Waals surface area contributed by atoms with Crippen LogP contribution in [0.2, 0.25) is 0 Å². The van der Waals surface area contributed by atoms with E-state index < -0.39 is 0 Å². The predicted octanol–water partition coefficient (Wildman–Crippen LogP) is 2.43. The molecule has 0 amide bonds. The molecule has 0 aliphatic heterocycles. The van der Waals surface area contributed by atoms with Gasteiger partial charge >= 0.3 is 0 Å². The molecule has 0 N–H and O–H groups in total. The smallest absolute Gasteiger partial charge is 0.116 e. The first-order valence-corrected chi connectivity index (χ1v) is 3.47. The quantitative estimate of drug-likeness (QED) is 0.453. The predicted molar refractivity (Wildman–Crippen MR) is 42.2 cm³/mol. The van der Waals surface area contributed by atoms with Gasteiger partial charge in [0, 0.05) is 7.05 Å². The Morgan fingerprint density at radius 1 is 1.62 bits per heavy atom. The summed E-state index contributed by atoms with van der Waals surface area (Å²) in [6.07, 6.45) is 0. The standard InChI is InChI=1S/C5H9BrClN/c1-5(2,6)4(7)8-3/h1-3H3. The maximum atomic E-state index is 5.64. The van der Waals surface area contributed by atoms with Crippen molar-refractivity contribution < 1.29 is 0 Å². The van der Waals surface area contributed by atoms with Crippen molar-refractivity contribution in [2.45, 2.75) is 18.2 Å². The van der Waals surface area contributed by atoms with E-state index in [1.165, 1.54) is 0 Å². The molecule has 0 heterocycles. The second-order valence-electron chi connectivity index (χ2n) is 1.99. The van der Waals surface area contributed by atoms with E-state index in [0.717, 1.165) is 0 Å². The molecule has 48 valence electrons. The second kappa shape index (κ2) is 2.83. The number of aliphatic imine (C=N–C) groups is 1. The van der Waals surface area contributed by atoms with Crippen LogP contribution in [0.15, 0.2) is 4.99 Å². The minimum absolute atomic E-state index is 0.163. The van der Waals surface area contributed by atoms with Crippen molar-refractivity contribution in [1.29, 1.82) is 0 Å². The van der Waals surface area contributed by atoms with Gasteiger partial charge in [-0.1, -0.05) is 27.5 Å². The molecule has 1 nitrogen and oxygen atoms in total. The maximum Gasteiger partial charge on any atom is 0.116 e. The number of rotatable bonds is 1. The largest absolute Gasteiger partial charge is 0.279 e. The van der Waals surface area contributed by atoms with Gasteiger partial charge in [0.25, 0.3) is 0 Å². The maximum absolute atomic E-state index is 5.64. The first kappa shape index (κ1) is 8.44. The van der Waals surface area contributed by atoms with Crippen molar-refractivity contribution in [2.24, 2.45) is 4.99 Å². The molecule has 0 aromatic rings. The fraction of sp³-hybridized carbons (Fsp3) is 0.800. The molecule has 8 heavy (non-hydrogen) atoms. The lowest BCUT2D eigenvalue weighted by molar-refractivity contribution is 0.983. The highest BCUT2D eigenvalue weighted by atomic mass is 79.9. The van der Waals surface area contributed by atoms with Crippen LogP contribution in [0, 0.1) is 0 Å². The first-order valence-electron chi connectivity index (χ1n) is 2.30. The minimum Gasteiger partial charge on any atom is -0.279 e. The van der Waals surface area contributed by atoms with E-state index >= 15 is 0 Å². The van der Waals surface area contributed by atoms with Gasteiger partial charge in [0.2, 0.25) is 0 Å². The molecule has 0 spiro atoms. The highest BCUT2D eigenvalue weighted by molar-refractivity contribution is 9.10. The van der Waals surface area contributed by atoms with E-state index in [2.05, 4.69) is 20.9 Å². The summed E-state index contributed by atoms with van der Waals surface area (Å²) in [4.78, 5) is 3.79. The van der Waals surface area contributed by atoms with E-state index in [0.29, 0.717) is 5.17 Å². The lowest BCUT2D eigenvalue weighted by Gasteiger charge is -2.11. The van der Waals surface area contributed by atoms with Crippen LogP contribution >= 0.6 is 27.5 Å². The Hall–Kier alpha value is 0.440. The van der Waals surface area contributed by atoms with Gasteiger partial charge in [0.1, 0.15) is 5.17 Å². The van der Waals surface area contributed by atoms with Gasteiger partial charge in [-0.2, -0.15) is 0 Å². The fourth-order valence-corrected chi connectivity index (χ4v) is 0.443. The Balaban J connectivity index is 4.03. The molecular formula is C5H9BrClN. The summed E-state index contributed by atoms with van der Waals surface area (Å²) in [6, 6.07) is 0. The van der Waals surface area contributed by atoms with Gasteiger partial charge in [-0.15, -0.1) is 0 Å². The van der Waals surface area contributed by atoms with Crippen LogP contribution in [-0.2, 0) is 0 Å². The van der Waals surface area contributed by atoms with Crippen LogP contribution in [0.1, 0.15) is 13.8 Å². The van der Waals surface area contributed by atoms with Gasteiger partial charge in [0.15, 0.2) is 0 Å². The third-order valence-corrected chi connectivity index (χ3v) is 1.93. The Bertz CT molecular complexity index is 103. The molecule has 0 rings (SSSR count). The molecule has 0 aliphatic carbocycles. The zero-order valence-electron chi connectivity index (χ0n) is 5.20. The van der Waals surface area contributed by atoms with Crippen molar-refractivity contribution in [3.63, 3.8) is 0 Å². The van der Waals surface area contributed by atoms with Crippen molar-refractivity contribution in [1.82, 2.24) is 0 Å². The Labute approximate surface area is 63.3 Å². The topological polar surface area (TPSA) is 12.4 Å². The summed E-state index contributed by atoms with van der Waals surface area (Å²) in [6.45, 7) is 3.89.